The molecule has 0 bridgehead atoms. The third-order valence-corrected chi connectivity index (χ3v) is 4.34. The Morgan fingerprint density at radius 1 is 1.54 bits per heavy atom. The first-order valence-corrected chi connectivity index (χ1v) is 5.86. The molecule has 2 nitrogen and oxygen atoms in total. The summed E-state index contributed by atoms with van der Waals surface area (Å²) in [6, 6.07) is 4.32. The largest absolute Gasteiger partial charge is 0.273 e. The molecule has 0 radical (unpaired) electrons. The fraction of sp³-hybridized carbons (Fsp3) is 0.333. The predicted molar refractivity (Wildman–Crippen MR) is 60.5 cm³/mol. The summed E-state index contributed by atoms with van der Waals surface area (Å²) < 4.78 is 0.405. The second-order valence-electron chi connectivity index (χ2n) is 2.89. The smallest absolute Gasteiger partial charge is 0.101 e. The van der Waals surface area contributed by atoms with Gasteiger partial charge < -0.3 is 0 Å². The van der Waals surface area contributed by atoms with Gasteiger partial charge in [0.2, 0.25) is 0 Å². The third-order valence-electron chi connectivity index (χ3n) is 1.83. The zero-order valence-electron chi connectivity index (χ0n) is 7.14. The number of alkyl halides is 1. The van der Waals surface area contributed by atoms with E-state index in [9.17, 15) is 0 Å². The first kappa shape index (κ1) is 9.21. The summed E-state index contributed by atoms with van der Waals surface area (Å²) in [5.41, 5.74) is 1.11. The fourth-order valence-corrected chi connectivity index (χ4v) is 2.72. The second-order valence-corrected chi connectivity index (χ2v) is 5.61. The van der Waals surface area contributed by atoms with Gasteiger partial charge in [0, 0.05) is 18.0 Å². The molecule has 2 unspecified atom stereocenters. The molecule has 0 amide bonds. The van der Waals surface area contributed by atoms with Crippen molar-refractivity contribution in [1.29, 1.82) is 0 Å². The van der Waals surface area contributed by atoms with Crippen molar-refractivity contribution in [2.24, 2.45) is 4.99 Å². The van der Waals surface area contributed by atoms with Gasteiger partial charge in [-0.1, -0.05) is 27.7 Å². The third kappa shape index (κ3) is 1.94. The number of hydrogen-bond acceptors (Lipinski definition) is 3. The van der Waals surface area contributed by atoms with Gasteiger partial charge in [0.25, 0.3) is 0 Å². The number of rotatable bonds is 1. The number of pyridine rings is 1. The summed E-state index contributed by atoms with van der Waals surface area (Å²) in [5.74, 6) is 0. The molecule has 2 atom stereocenters. The van der Waals surface area contributed by atoms with E-state index < -0.39 is 0 Å². The topological polar surface area (TPSA) is 25.2 Å². The fourth-order valence-electron chi connectivity index (χ4n) is 1.11. The molecule has 1 aliphatic rings. The van der Waals surface area contributed by atoms with Crippen molar-refractivity contribution in [2.45, 2.75) is 17.1 Å². The standard InChI is InChI=1S/C9H9BrN2S/c1-6-8(10)13-9(12-6)7-3-2-4-11-5-7/h2-6,8H,1H3. The molecule has 0 aromatic carbocycles. The molecule has 2 heterocycles. The van der Waals surface area contributed by atoms with Crippen molar-refractivity contribution in [1.82, 2.24) is 4.98 Å². The van der Waals surface area contributed by atoms with Gasteiger partial charge >= 0.3 is 0 Å². The van der Waals surface area contributed by atoms with E-state index in [0.717, 1.165) is 10.6 Å². The first-order valence-electron chi connectivity index (χ1n) is 4.06. The summed E-state index contributed by atoms with van der Waals surface area (Å²) in [7, 11) is 0. The molecule has 68 valence electrons. The van der Waals surface area contributed by atoms with Crippen molar-refractivity contribution in [3.8, 4) is 0 Å². The van der Waals surface area contributed by atoms with Gasteiger partial charge in [-0.25, -0.2) is 0 Å². The Bertz CT molecular complexity index is 326. The molecule has 0 fully saturated rings. The van der Waals surface area contributed by atoms with Gasteiger partial charge in [-0.15, -0.1) is 0 Å². The molecule has 0 saturated heterocycles. The molecule has 0 saturated carbocycles. The summed E-state index contributed by atoms with van der Waals surface area (Å²) in [5, 5.41) is 1.09. The second kappa shape index (κ2) is 3.80. The maximum Gasteiger partial charge on any atom is 0.101 e. The summed E-state index contributed by atoms with van der Waals surface area (Å²) in [6.07, 6.45) is 3.63. The first-order chi connectivity index (χ1) is 6.27. The van der Waals surface area contributed by atoms with Crippen LogP contribution in [-0.4, -0.2) is 20.2 Å². The SMILES string of the molecule is CC1N=C(c2cccnc2)SC1Br. The van der Waals surface area contributed by atoms with E-state index in [4.69, 9.17) is 0 Å². The number of halogens is 1. The highest BCUT2D eigenvalue weighted by Crippen LogP contribution is 2.33. The van der Waals surface area contributed by atoms with E-state index in [0.29, 0.717) is 10.2 Å². The Kier molecular flexibility index (Phi) is 2.69. The van der Waals surface area contributed by atoms with E-state index in [-0.39, 0.29) is 0 Å². The quantitative estimate of drug-likeness (QED) is 0.723. The molecule has 0 spiro atoms. The Labute approximate surface area is 90.0 Å². The molecule has 1 aromatic rings. The molecule has 1 aliphatic heterocycles. The Morgan fingerprint density at radius 2 is 2.38 bits per heavy atom. The lowest BCUT2D eigenvalue weighted by atomic mass is 10.3. The maximum absolute atomic E-state index is 4.53. The van der Waals surface area contributed by atoms with Crippen LogP contribution in [-0.2, 0) is 0 Å². The maximum atomic E-state index is 4.53. The van der Waals surface area contributed by atoms with Crippen molar-refractivity contribution in [3.05, 3.63) is 30.1 Å². The van der Waals surface area contributed by atoms with Crippen molar-refractivity contribution >= 4 is 32.7 Å². The van der Waals surface area contributed by atoms with Gasteiger partial charge in [0.05, 0.1) is 10.2 Å². The van der Waals surface area contributed by atoms with E-state index in [1.54, 1.807) is 18.0 Å². The van der Waals surface area contributed by atoms with Crippen LogP contribution in [0.5, 0.6) is 0 Å². The van der Waals surface area contributed by atoms with Crippen LogP contribution >= 0.6 is 27.7 Å². The van der Waals surface area contributed by atoms with Gasteiger partial charge in [-0.05, 0) is 19.1 Å². The summed E-state index contributed by atoms with van der Waals surface area (Å²) in [4.78, 5) is 8.60. The normalized spacial score (nSPS) is 27.4. The average Bonchev–Trinajstić information content (AvgIpc) is 2.49. The van der Waals surface area contributed by atoms with E-state index in [1.807, 2.05) is 18.3 Å². The van der Waals surface area contributed by atoms with Gasteiger partial charge in [-0.3, -0.25) is 9.98 Å². The van der Waals surface area contributed by atoms with Crippen LogP contribution in [0.15, 0.2) is 29.5 Å². The van der Waals surface area contributed by atoms with Gasteiger partial charge in [-0.2, -0.15) is 0 Å². The number of thioether (sulfide) groups is 1. The zero-order chi connectivity index (χ0) is 9.26. The van der Waals surface area contributed by atoms with Crippen molar-refractivity contribution in [3.63, 3.8) is 0 Å². The molecule has 0 N–H and O–H groups in total. The van der Waals surface area contributed by atoms with Crippen LogP contribution in [0.2, 0.25) is 0 Å². The Morgan fingerprint density at radius 3 is 2.92 bits per heavy atom. The van der Waals surface area contributed by atoms with E-state index in [2.05, 4.69) is 32.8 Å². The van der Waals surface area contributed by atoms with Crippen molar-refractivity contribution in [2.75, 3.05) is 0 Å². The Balaban J connectivity index is 2.25. The summed E-state index contributed by atoms with van der Waals surface area (Å²) in [6.45, 7) is 2.11. The molecule has 4 heteroatoms. The molecule has 1 aromatic heterocycles. The van der Waals surface area contributed by atoms with Crippen LogP contribution in [0.4, 0.5) is 0 Å². The predicted octanol–water partition coefficient (Wildman–Crippen LogP) is 2.68. The lowest BCUT2D eigenvalue weighted by Crippen LogP contribution is -2.03. The minimum Gasteiger partial charge on any atom is -0.273 e. The van der Waals surface area contributed by atoms with E-state index in [1.165, 1.54) is 0 Å². The van der Waals surface area contributed by atoms with Crippen LogP contribution in [0, 0.1) is 0 Å². The minimum absolute atomic E-state index is 0.347. The highest BCUT2D eigenvalue weighted by molar-refractivity contribution is 9.11. The number of hydrogen-bond donors (Lipinski definition) is 0. The number of aliphatic imine (C=N–C) groups is 1. The van der Waals surface area contributed by atoms with Crippen molar-refractivity contribution < 1.29 is 0 Å². The lowest BCUT2D eigenvalue weighted by Gasteiger charge is -2.01. The lowest BCUT2D eigenvalue weighted by molar-refractivity contribution is 0.842. The molecule has 0 aliphatic carbocycles. The zero-order valence-corrected chi connectivity index (χ0v) is 9.55. The molecule has 13 heavy (non-hydrogen) atoms. The minimum atomic E-state index is 0.347. The van der Waals surface area contributed by atoms with Gasteiger partial charge in [0.15, 0.2) is 0 Å². The monoisotopic (exact) mass is 256 g/mol. The molecular weight excluding hydrogens is 248 g/mol. The molecular formula is C9H9BrN2S. The molecule has 2 rings (SSSR count). The van der Waals surface area contributed by atoms with Crippen LogP contribution in [0.25, 0.3) is 0 Å². The van der Waals surface area contributed by atoms with Crippen LogP contribution in [0.1, 0.15) is 12.5 Å². The summed E-state index contributed by atoms with van der Waals surface area (Å²) >= 11 is 5.32. The number of nitrogens with zero attached hydrogens (tertiary/aromatic N) is 2. The van der Waals surface area contributed by atoms with Crippen LogP contribution in [0.3, 0.4) is 0 Å². The average molecular weight is 257 g/mol. The van der Waals surface area contributed by atoms with Gasteiger partial charge in [0.1, 0.15) is 5.04 Å². The highest BCUT2D eigenvalue weighted by Gasteiger charge is 2.24. The van der Waals surface area contributed by atoms with E-state index >= 15 is 0 Å². The van der Waals surface area contributed by atoms with Crippen LogP contribution < -0.4 is 0 Å². The number of aromatic nitrogens is 1. The Hall–Kier alpha value is -0.350. The highest BCUT2D eigenvalue weighted by atomic mass is 79.9.